The number of nitrogens with one attached hydrogen (secondary N) is 1. The number of nitrogens with zero attached hydrogens (tertiary/aromatic N) is 2. The van der Waals surface area contributed by atoms with E-state index in [0.717, 1.165) is 6.92 Å². The van der Waals surface area contributed by atoms with Gasteiger partial charge in [0.1, 0.15) is 5.78 Å². The Bertz CT molecular complexity index is 1230. The lowest BCUT2D eigenvalue weighted by Crippen LogP contribution is -2.49. The van der Waals surface area contributed by atoms with Gasteiger partial charge in [-0.2, -0.15) is 26.3 Å². The molecule has 6 nitrogen and oxygen atoms in total. The van der Waals surface area contributed by atoms with Gasteiger partial charge >= 0.3 is 12.4 Å². The van der Waals surface area contributed by atoms with Crippen molar-refractivity contribution in [2.24, 2.45) is 16.8 Å². The topological polar surface area (TPSA) is 78.8 Å². The number of rotatable bonds is 9. The molecular weight excluding hydrogens is 528 g/mol. The Balaban J connectivity index is 2.00. The zero-order valence-electron chi connectivity index (χ0n) is 21.1. The third kappa shape index (κ3) is 7.90. The zero-order valence-corrected chi connectivity index (χ0v) is 21.1. The molecule has 0 aliphatic carbocycles. The lowest BCUT2D eigenvalue weighted by Gasteiger charge is -2.27. The number of benzodiazepines with no additional fused rings is 1. The highest BCUT2D eigenvalue weighted by Gasteiger charge is 2.40. The monoisotopic (exact) mass is 555 g/mol. The molecule has 0 fully saturated rings. The fourth-order valence-corrected chi connectivity index (χ4v) is 4.53. The number of anilines is 1. The normalized spacial score (nSPS) is 17.5. The SMILES string of the molecule is CC(=O)[C@@H](CCC(F)(F)F)[C@@H](CCC(F)(F)F)C(=O)N[C@H]1N=C(c2ccccc2)c2ccccc2N(C)C1=O. The van der Waals surface area contributed by atoms with Crippen LogP contribution in [0.15, 0.2) is 59.6 Å². The van der Waals surface area contributed by atoms with Crippen LogP contribution < -0.4 is 10.2 Å². The first-order valence-corrected chi connectivity index (χ1v) is 12.1. The van der Waals surface area contributed by atoms with Crippen molar-refractivity contribution in [3.05, 3.63) is 65.7 Å². The van der Waals surface area contributed by atoms with Gasteiger partial charge in [0.15, 0.2) is 0 Å². The third-order valence-corrected chi connectivity index (χ3v) is 6.49. The van der Waals surface area contributed by atoms with Crippen molar-refractivity contribution >= 4 is 29.0 Å². The second kappa shape index (κ2) is 12.0. The van der Waals surface area contributed by atoms with E-state index in [4.69, 9.17) is 0 Å². The van der Waals surface area contributed by atoms with E-state index in [9.17, 15) is 40.7 Å². The van der Waals surface area contributed by atoms with Gasteiger partial charge in [-0.1, -0.05) is 48.5 Å². The molecule has 0 unspecified atom stereocenters. The number of halogens is 6. The number of aliphatic imine (C=N–C) groups is 1. The summed E-state index contributed by atoms with van der Waals surface area (Å²) >= 11 is 0. The molecule has 0 spiro atoms. The Morgan fingerprint density at radius 1 is 0.897 bits per heavy atom. The summed E-state index contributed by atoms with van der Waals surface area (Å²) in [5.41, 5.74) is 1.92. The van der Waals surface area contributed by atoms with Gasteiger partial charge in [-0.3, -0.25) is 14.4 Å². The number of amides is 2. The number of carbonyl (C=O) groups excluding carboxylic acids is 3. The number of likely N-dealkylation sites (N-methyl/N-ethyl adjacent to an activating group) is 1. The first-order valence-electron chi connectivity index (χ1n) is 12.1. The lowest BCUT2D eigenvalue weighted by atomic mass is 9.81. The molecule has 0 saturated carbocycles. The summed E-state index contributed by atoms with van der Waals surface area (Å²) in [6.45, 7) is 0.932. The average Bonchev–Trinajstić information content (AvgIpc) is 2.95. The molecule has 2 aromatic rings. The molecule has 1 aliphatic heterocycles. The number of ketones is 1. The van der Waals surface area contributed by atoms with Gasteiger partial charge in [0.05, 0.1) is 11.4 Å². The molecule has 3 atom stereocenters. The quantitative estimate of drug-likeness (QED) is 0.418. The van der Waals surface area contributed by atoms with Crippen molar-refractivity contribution in [3.63, 3.8) is 0 Å². The summed E-state index contributed by atoms with van der Waals surface area (Å²) in [5, 5.41) is 2.32. The summed E-state index contributed by atoms with van der Waals surface area (Å²) < 4.78 is 77.9. The number of fused-ring (bicyclic) bond motifs is 1. The minimum atomic E-state index is -4.72. The fraction of sp³-hybridized carbons (Fsp3) is 0.407. The first-order chi connectivity index (χ1) is 18.2. The number of Topliss-reactive ketones (excluding diaryl/α,β-unsaturated/α-hetero) is 1. The highest BCUT2D eigenvalue weighted by atomic mass is 19.4. The molecule has 210 valence electrons. The Kier molecular flexibility index (Phi) is 9.18. The maximum absolute atomic E-state index is 13.3. The molecule has 39 heavy (non-hydrogen) atoms. The number of para-hydroxylation sites is 1. The number of hydrogen-bond donors (Lipinski definition) is 1. The van der Waals surface area contributed by atoms with Crippen LogP contribution in [0.1, 0.15) is 43.7 Å². The smallest absolute Gasteiger partial charge is 0.326 e. The fourth-order valence-electron chi connectivity index (χ4n) is 4.53. The van der Waals surface area contributed by atoms with E-state index in [2.05, 4.69) is 10.3 Å². The van der Waals surface area contributed by atoms with Crippen LogP contribution in [0.2, 0.25) is 0 Å². The Labute approximate surface area is 221 Å². The number of hydrogen-bond acceptors (Lipinski definition) is 4. The number of benzene rings is 2. The molecule has 2 amide bonds. The van der Waals surface area contributed by atoms with Crippen LogP contribution in [0.5, 0.6) is 0 Å². The van der Waals surface area contributed by atoms with Crippen LogP contribution >= 0.6 is 0 Å². The zero-order chi connectivity index (χ0) is 29.0. The molecule has 12 heteroatoms. The molecule has 0 saturated heterocycles. The van der Waals surface area contributed by atoms with Crippen molar-refractivity contribution in [3.8, 4) is 0 Å². The van der Waals surface area contributed by atoms with Crippen LogP contribution in [0.4, 0.5) is 32.0 Å². The van der Waals surface area contributed by atoms with Gasteiger partial charge in [-0.05, 0) is 25.8 Å². The van der Waals surface area contributed by atoms with E-state index in [1.54, 1.807) is 54.6 Å². The largest absolute Gasteiger partial charge is 0.389 e. The molecule has 0 aromatic heterocycles. The van der Waals surface area contributed by atoms with Crippen LogP contribution in [-0.2, 0) is 14.4 Å². The minimum absolute atomic E-state index is 0.321. The van der Waals surface area contributed by atoms with E-state index in [1.807, 2.05) is 0 Å². The average molecular weight is 556 g/mol. The Morgan fingerprint density at radius 2 is 1.44 bits per heavy atom. The second-order valence-electron chi connectivity index (χ2n) is 9.30. The first kappa shape index (κ1) is 29.9. The van der Waals surface area contributed by atoms with Gasteiger partial charge in [0, 0.05) is 42.9 Å². The molecular formula is C27H27F6N3O3. The summed E-state index contributed by atoms with van der Waals surface area (Å²) in [4.78, 5) is 44.6. The molecule has 1 aliphatic rings. The molecule has 0 bridgehead atoms. The molecule has 0 radical (unpaired) electrons. The predicted octanol–water partition coefficient (Wildman–Crippen LogP) is 5.45. The Morgan fingerprint density at radius 3 is 2.00 bits per heavy atom. The van der Waals surface area contributed by atoms with Gasteiger partial charge in [-0.25, -0.2) is 4.99 Å². The van der Waals surface area contributed by atoms with Crippen LogP contribution in [0, 0.1) is 11.8 Å². The van der Waals surface area contributed by atoms with Crippen LogP contribution in [-0.4, -0.2) is 48.9 Å². The van der Waals surface area contributed by atoms with E-state index in [1.165, 1.54) is 11.9 Å². The van der Waals surface area contributed by atoms with E-state index in [0.29, 0.717) is 22.5 Å². The van der Waals surface area contributed by atoms with Gasteiger partial charge in [0.2, 0.25) is 12.1 Å². The van der Waals surface area contributed by atoms with Crippen molar-refractivity contribution in [1.82, 2.24) is 5.32 Å². The van der Waals surface area contributed by atoms with E-state index < -0.39 is 73.6 Å². The molecule has 2 aromatic carbocycles. The van der Waals surface area contributed by atoms with Gasteiger partial charge in [0.25, 0.3) is 5.91 Å². The summed E-state index contributed by atoms with van der Waals surface area (Å²) in [5.74, 6) is -6.12. The highest BCUT2D eigenvalue weighted by molar-refractivity contribution is 6.20. The Hall–Kier alpha value is -3.70. The maximum Gasteiger partial charge on any atom is 0.389 e. The summed E-state index contributed by atoms with van der Waals surface area (Å²) in [6, 6.07) is 15.5. The van der Waals surface area contributed by atoms with Crippen molar-refractivity contribution in [2.75, 3.05) is 11.9 Å². The highest BCUT2D eigenvalue weighted by Crippen LogP contribution is 2.34. The van der Waals surface area contributed by atoms with E-state index in [-0.39, 0.29) is 0 Å². The van der Waals surface area contributed by atoms with Crippen molar-refractivity contribution in [2.45, 2.75) is 51.1 Å². The second-order valence-corrected chi connectivity index (χ2v) is 9.30. The van der Waals surface area contributed by atoms with Crippen LogP contribution in [0.3, 0.4) is 0 Å². The predicted molar refractivity (Wildman–Crippen MR) is 132 cm³/mol. The van der Waals surface area contributed by atoms with Crippen molar-refractivity contribution in [1.29, 1.82) is 0 Å². The van der Waals surface area contributed by atoms with Gasteiger partial charge < -0.3 is 10.2 Å². The van der Waals surface area contributed by atoms with Crippen molar-refractivity contribution < 1.29 is 40.7 Å². The molecule has 1 heterocycles. The number of carbonyl (C=O) groups is 3. The minimum Gasteiger partial charge on any atom is -0.326 e. The van der Waals surface area contributed by atoms with E-state index >= 15 is 0 Å². The summed E-state index contributed by atoms with van der Waals surface area (Å²) in [6.07, 6.45) is -15.7. The lowest BCUT2D eigenvalue weighted by molar-refractivity contribution is -0.152. The van der Waals surface area contributed by atoms with Gasteiger partial charge in [-0.15, -0.1) is 0 Å². The molecule has 3 rings (SSSR count). The standard InChI is InChI=1S/C27H27F6N3O3/c1-16(37)18(12-14-26(28,29)30)19(13-15-27(31,32)33)24(38)35-23-25(39)36(2)21-11-7-6-10-20(21)22(34-23)17-8-4-3-5-9-17/h3-11,18-19,23H,12-15H2,1-2H3,(H,35,38)/t18-,19-,23-/m1/s1. The molecule has 1 N–H and O–H groups in total. The maximum atomic E-state index is 13.3. The third-order valence-electron chi connectivity index (χ3n) is 6.49. The number of alkyl halides is 6. The van der Waals surface area contributed by atoms with Crippen LogP contribution in [0.25, 0.3) is 0 Å². The summed E-state index contributed by atoms with van der Waals surface area (Å²) in [7, 11) is 1.44.